The van der Waals surface area contributed by atoms with E-state index in [0.29, 0.717) is 0 Å². The van der Waals surface area contributed by atoms with Crippen molar-refractivity contribution < 1.29 is 0 Å². The second-order valence-electron chi connectivity index (χ2n) is 4.28. The molecule has 0 amide bonds. The smallest absolute Gasteiger partial charge is 0.0730 e. The molecule has 0 fully saturated rings. The highest BCUT2D eigenvalue weighted by Crippen LogP contribution is 2.17. The monoisotopic (exact) mass is 209 g/mol. The van der Waals surface area contributed by atoms with Gasteiger partial charge in [-0.05, 0) is 19.3 Å². The maximum absolute atomic E-state index is 5.77. The molecule has 1 atom stereocenters. The zero-order valence-corrected chi connectivity index (χ0v) is 10.2. The summed E-state index contributed by atoms with van der Waals surface area (Å²) >= 11 is 0. The molecule has 0 saturated heterocycles. The summed E-state index contributed by atoms with van der Waals surface area (Å²) in [6, 6.07) is 0. The maximum atomic E-state index is 5.77. The average Bonchev–Trinajstić information content (AvgIpc) is 2.55. The van der Waals surface area contributed by atoms with Gasteiger partial charge >= 0.3 is 0 Å². The van der Waals surface area contributed by atoms with Gasteiger partial charge in [-0.15, -0.1) is 0 Å². The van der Waals surface area contributed by atoms with Crippen LogP contribution in [0.4, 0.5) is 5.69 Å². The van der Waals surface area contributed by atoms with E-state index in [1.165, 1.54) is 25.7 Å². The first-order chi connectivity index (χ1) is 7.19. The quantitative estimate of drug-likeness (QED) is 0.782. The summed E-state index contributed by atoms with van der Waals surface area (Å²) in [6.45, 7) is 7.54. The van der Waals surface area contributed by atoms with Gasteiger partial charge in [0.1, 0.15) is 0 Å². The van der Waals surface area contributed by atoms with E-state index < -0.39 is 0 Å². The number of anilines is 1. The molecule has 0 radical (unpaired) electrons. The Morgan fingerprint density at radius 3 is 2.67 bits per heavy atom. The number of hydrogen-bond acceptors (Lipinski definition) is 2. The molecule has 1 aromatic rings. The van der Waals surface area contributed by atoms with Crippen LogP contribution in [0.2, 0.25) is 0 Å². The van der Waals surface area contributed by atoms with Crippen LogP contribution in [-0.2, 0) is 6.54 Å². The van der Waals surface area contributed by atoms with Crippen molar-refractivity contribution in [1.29, 1.82) is 0 Å². The summed E-state index contributed by atoms with van der Waals surface area (Å²) in [4.78, 5) is 0. The first kappa shape index (κ1) is 12.1. The highest BCUT2D eigenvalue weighted by Gasteiger charge is 2.10. The number of nitrogen functional groups attached to an aromatic ring is 1. The molecule has 0 spiro atoms. The van der Waals surface area contributed by atoms with Crippen molar-refractivity contribution in [2.45, 2.75) is 53.0 Å². The van der Waals surface area contributed by atoms with Crippen molar-refractivity contribution >= 4 is 5.69 Å². The van der Waals surface area contributed by atoms with E-state index in [1.807, 2.05) is 11.6 Å². The molecule has 1 heterocycles. The van der Waals surface area contributed by atoms with E-state index in [-0.39, 0.29) is 0 Å². The van der Waals surface area contributed by atoms with Crippen molar-refractivity contribution in [3.8, 4) is 0 Å². The Morgan fingerprint density at radius 1 is 1.47 bits per heavy atom. The SMILES string of the molecule is CCCCC(CC)Cn1ncc(N)c1C. The minimum atomic E-state index is 0.739. The fourth-order valence-electron chi connectivity index (χ4n) is 1.81. The Morgan fingerprint density at radius 2 is 2.20 bits per heavy atom. The summed E-state index contributed by atoms with van der Waals surface area (Å²) in [5.74, 6) is 0.739. The standard InChI is InChI=1S/C12H23N3/c1-4-6-7-11(5-2)9-15-10(3)12(13)8-14-15/h8,11H,4-7,9,13H2,1-3H3. The van der Waals surface area contributed by atoms with Gasteiger partial charge in [-0.1, -0.05) is 33.1 Å². The number of nitrogens with two attached hydrogens (primary N) is 1. The number of aromatic nitrogens is 2. The molecule has 0 saturated carbocycles. The molecule has 1 aromatic heterocycles. The normalized spacial score (nSPS) is 13.0. The van der Waals surface area contributed by atoms with Gasteiger partial charge in [0.25, 0.3) is 0 Å². The lowest BCUT2D eigenvalue weighted by atomic mass is 9.99. The third-order valence-electron chi connectivity index (χ3n) is 3.12. The van der Waals surface area contributed by atoms with E-state index in [4.69, 9.17) is 5.73 Å². The molecule has 0 aliphatic heterocycles. The van der Waals surface area contributed by atoms with Gasteiger partial charge in [0, 0.05) is 6.54 Å². The average molecular weight is 209 g/mol. The molecule has 3 heteroatoms. The van der Waals surface area contributed by atoms with E-state index in [2.05, 4.69) is 18.9 Å². The molecule has 0 aromatic carbocycles. The highest BCUT2D eigenvalue weighted by atomic mass is 15.3. The maximum Gasteiger partial charge on any atom is 0.0730 e. The van der Waals surface area contributed by atoms with E-state index >= 15 is 0 Å². The van der Waals surface area contributed by atoms with Gasteiger partial charge in [-0.25, -0.2) is 0 Å². The highest BCUT2D eigenvalue weighted by molar-refractivity contribution is 5.39. The zero-order chi connectivity index (χ0) is 11.3. The Hall–Kier alpha value is -0.990. The van der Waals surface area contributed by atoms with E-state index in [9.17, 15) is 0 Å². The zero-order valence-electron chi connectivity index (χ0n) is 10.2. The minimum Gasteiger partial charge on any atom is -0.396 e. The molecule has 2 N–H and O–H groups in total. The predicted octanol–water partition coefficient (Wildman–Crippen LogP) is 2.99. The Kier molecular flexibility index (Phi) is 4.66. The van der Waals surface area contributed by atoms with Gasteiger partial charge in [-0.3, -0.25) is 4.68 Å². The fraction of sp³-hybridized carbons (Fsp3) is 0.750. The minimum absolute atomic E-state index is 0.739. The Labute approximate surface area is 92.7 Å². The van der Waals surface area contributed by atoms with Crippen LogP contribution in [0.3, 0.4) is 0 Å². The molecule has 15 heavy (non-hydrogen) atoms. The van der Waals surface area contributed by atoms with Crippen molar-refractivity contribution in [3.63, 3.8) is 0 Å². The number of hydrogen-bond donors (Lipinski definition) is 1. The van der Waals surface area contributed by atoms with E-state index in [0.717, 1.165) is 23.8 Å². The predicted molar refractivity (Wildman–Crippen MR) is 64.7 cm³/mol. The summed E-state index contributed by atoms with van der Waals surface area (Å²) in [5, 5.41) is 4.30. The largest absolute Gasteiger partial charge is 0.396 e. The topological polar surface area (TPSA) is 43.8 Å². The summed E-state index contributed by atoms with van der Waals surface area (Å²) < 4.78 is 2.04. The second-order valence-corrected chi connectivity index (χ2v) is 4.28. The van der Waals surface area contributed by atoms with Crippen LogP contribution >= 0.6 is 0 Å². The lowest BCUT2D eigenvalue weighted by Crippen LogP contribution is -2.12. The third kappa shape index (κ3) is 3.26. The van der Waals surface area contributed by atoms with Crippen LogP contribution in [0.1, 0.15) is 45.2 Å². The lowest BCUT2D eigenvalue weighted by Gasteiger charge is -2.15. The van der Waals surface area contributed by atoms with Gasteiger partial charge < -0.3 is 5.73 Å². The summed E-state index contributed by atoms with van der Waals surface area (Å²) in [6.07, 6.45) is 6.86. The van der Waals surface area contributed by atoms with Crippen molar-refractivity contribution in [1.82, 2.24) is 9.78 Å². The van der Waals surface area contributed by atoms with Crippen LogP contribution < -0.4 is 5.73 Å². The number of unbranched alkanes of at least 4 members (excludes halogenated alkanes) is 1. The molecule has 1 rings (SSSR count). The van der Waals surface area contributed by atoms with Gasteiger partial charge in [0.2, 0.25) is 0 Å². The van der Waals surface area contributed by atoms with Crippen molar-refractivity contribution in [3.05, 3.63) is 11.9 Å². The molecular formula is C12H23N3. The van der Waals surface area contributed by atoms with Gasteiger partial charge in [0.15, 0.2) is 0 Å². The molecule has 86 valence electrons. The number of nitrogens with zero attached hydrogens (tertiary/aromatic N) is 2. The molecule has 0 bridgehead atoms. The second kappa shape index (κ2) is 5.79. The Bertz CT molecular complexity index is 291. The fourth-order valence-corrected chi connectivity index (χ4v) is 1.81. The van der Waals surface area contributed by atoms with Crippen LogP contribution in [0.5, 0.6) is 0 Å². The van der Waals surface area contributed by atoms with Crippen LogP contribution in [-0.4, -0.2) is 9.78 Å². The van der Waals surface area contributed by atoms with Crippen LogP contribution in [0.15, 0.2) is 6.20 Å². The first-order valence-electron chi connectivity index (χ1n) is 5.96. The summed E-state index contributed by atoms with van der Waals surface area (Å²) in [5.41, 5.74) is 7.68. The van der Waals surface area contributed by atoms with Crippen LogP contribution in [0.25, 0.3) is 0 Å². The molecule has 1 unspecified atom stereocenters. The number of rotatable bonds is 6. The van der Waals surface area contributed by atoms with Gasteiger partial charge in [-0.2, -0.15) is 5.10 Å². The van der Waals surface area contributed by atoms with Crippen LogP contribution in [0, 0.1) is 12.8 Å². The lowest BCUT2D eigenvalue weighted by molar-refractivity contribution is 0.368. The molecular weight excluding hydrogens is 186 g/mol. The Balaban J connectivity index is 2.54. The molecule has 0 aliphatic carbocycles. The first-order valence-corrected chi connectivity index (χ1v) is 5.96. The molecule has 3 nitrogen and oxygen atoms in total. The molecule has 0 aliphatic rings. The third-order valence-corrected chi connectivity index (χ3v) is 3.12. The van der Waals surface area contributed by atoms with Crippen molar-refractivity contribution in [2.75, 3.05) is 5.73 Å². The summed E-state index contributed by atoms with van der Waals surface area (Å²) in [7, 11) is 0. The van der Waals surface area contributed by atoms with Crippen molar-refractivity contribution in [2.24, 2.45) is 5.92 Å². The van der Waals surface area contributed by atoms with E-state index in [1.54, 1.807) is 6.20 Å². The van der Waals surface area contributed by atoms with Gasteiger partial charge in [0.05, 0.1) is 17.6 Å².